The van der Waals surface area contributed by atoms with Crippen LogP contribution in [-0.2, 0) is 77.1 Å². The third-order valence-electron chi connectivity index (χ3n) is 2.41. The summed E-state index contributed by atoms with van der Waals surface area (Å²) in [6, 6.07) is 0.216. The van der Waals surface area contributed by atoms with Crippen molar-refractivity contribution in [1.82, 2.24) is 5.32 Å². The molecule has 3 unspecified atom stereocenters. The number of ketones is 1. The Bertz CT molecular complexity index is 272. The van der Waals surface area contributed by atoms with Crippen molar-refractivity contribution in [1.29, 1.82) is 0 Å². The molecule has 100 valence electrons. The molecule has 0 amide bonds. The van der Waals surface area contributed by atoms with Crippen molar-refractivity contribution in [3.05, 3.63) is 24.6 Å². The quantitative estimate of drug-likeness (QED) is 0.385. The molecular formula is C12H20NOUVWY-3. The number of carbonyl (C=O) groups is 1. The molecule has 6 heteroatoms. The summed E-state index contributed by atoms with van der Waals surface area (Å²) in [6.45, 7) is 7.98. The van der Waals surface area contributed by atoms with E-state index >= 15 is 0 Å². The zero-order valence-corrected chi connectivity index (χ0v) is 22.6. The molecule has 1 heterocycles. The number of nitrogens with one attached hydrogen (secondary N) is 1. The van der Waals surface area contributed by atoms with Crippen molar-refractivity contribution in [2.24, 2.45) is 11.8 Å². The Morgan fingerprint density at radius 2 is 1.83 bits per heavy atom. The van der Waals surface area contributed by atoms with Crippen LogP contribution in [0.1, 0.15) is 29.1 Å². The molecule has 1 fully saturated rings. The normalized spacial score (nSPS) is 27.2. The fourth-order valence-electron chi connectivity index (χ4n) is 1.90. The first-order chi connectivity index (χ1) is 6.66. The van der Waals surface area contributed by atoms with E-state index in [1.165, 1.54) is 0 Å². The van der Waals surface area contributed by atoms with Gasteiger partial charge in [-0.2, -0.15) is 5.70 Å². The molecule has 2 nitrogen and oxygen atoms in total. The minimum absolute atomic E-state index is 0. The Balaban J connectivity index is -0.0000000894. The van der Waals surface area contributed by atoms with E-state index in [0.29, 0.717) is 5.92 Å². The number of rotatable bonds is 0. The molecule has 1 saturated carbocycles. The third-order valence-corrected chi connectivity index (χ3v) is 2.41. The van der Waals surface area contributed by atoms with E-state index in [-0.39, 0.29) is 123 Å². The van der Waals surface area contributed by atoms with E-state index in [2.05, 4.69) is 31.2 Å². The first-order valence-electron chi connectivity index (χ1n) is 5.28. The summed E-state index contributed by atoms with van der Waals surface area (Å²) in [6.07, 6.45) is 7.04. The Hall–Kier alpha value is 2.64. The maximum absolute atomic E-state index is 11.4. The summed E-state index contributed by atoms with van der Waals surface area (Å²) in [5.74, 6) is 0.588. The summed E-state index contributed by atoms with van der Waals surface area (Å²) in [5.41, 5.74) is 0.861. The summed E-state index contributed by atoms with van der Waals surface area (Å²) >= 11 is 0. The molecule has 1 aliphatic heterocycles. The van der Waals surface area contributed by atoms with Gasteiger partial charge in [-0.3, -0.25) is 0 Å². The maximum atomic E-state index is 11.4. The zero-order chi connectivity index (χ0) is 10.7. The van der Waals surface area contributed by atoms with Crippen molar-refractivity contribution < 1.29 is 110 Å². The van der Waals surface area contributed by atoms with Gasteiger partial charge >= 0.3 is 0 Å². The van der Waals surface area contributed by atoms with Crippen molar-refractivity contribution >= 4 is 5.78 Å². The topological polar surface area (TPSA) is 29.1 Å². The Kier molecular flexibility index (Phi) is 23.3. The standard InChI is InChI=1S/C10H12NO.C2H6.U.V.W.Y.H2/c1-6-3-8-9(4-6)11-7(2)5-10(8)12;1-2;;;;;/h3-4,6,8-9,11H,1-2H3;1-2H3;;;;;1H/q-3;;;;;;/i;;;;;;1+2. The first kappa shape index (κ1) is 28.8. The van der Waals surface area contributed by atoms with Crippen LogP contribution < -0.4 is 5.32 Å². The fourth-order valence-corrected chi connectivity index (χ4v) is 1.90. The predicted molar refractivity (Wildman–Crippen MR) is 59.1 cm³/mol. The molecule has 0 saturated heterocycles. The summed E-state index contributed by atoms with van der Waals surface area (Å²) < 4.78 is 0. The van der Waals surface area contributed by atoms with E-state index in [1.54, 1.807) is 0 Å². The van der Waals surface area contributed by atoms with Gasteiger partial charge < -0.3 is 34.9 Å². The average molecular weight is 758 g/mol. The van der Waals surface area contributed by atoms with Crippen LogP contribution in [0.25, 0.3) is 0 Å². The molecule has 2 aliphatic rings. The van der Waals surface area contributed by atoms with Crippen LogP contribution in [0.15, 0.2) is 5.70 Å². The molecule has 0 aromatic rings. The molecule has 1 aliphatic carbocycles. The van der Waals surface area contributed by atoms with Gasteiger partial charge in [-0.25, -0.2) is 0 Å². The molecule has 3 atom stereocenters. The molecule has 2 radical (unpaired) electrons. The third kappa shape index (κ3) is 8.17. The van der Waals surface area contributed by atoms with Gasteiger partial charge in [0.25, 0.3) is 0 Å². The number of hydrogen-bond acceptors (Lipinski definition) is 2. The number of hydrogen-bond donors (Lipinski definition) is 1. The van der Waals surface area contributed by atoms with Crippen LogP contribution >= 0.6 is 0 Å². The first-order valence-corrected chi connectivity index (χ1v) is 5.28. The fraction of sp³-hybridized carbons (Fsp3) is 0.583. The second-order valence-corrected chi connectivity index (χ2v) is 3.55. The molecule has 0 spiro atoms. The zero-order valence-electron chi connectivity index (χ0n) is 11.2. The SMILES string of the molecule is CC.CC1=[C-]C(=O)C2[CH-]C(C)[CH-]C2N1.[3HH].[U].[V].[W].[Y]. The van der Waals surface area contributed by atoms with Gasteiger partial charge in [-0.05, 0) is 5.78 Å². The van der Waals surface area contributed by atoms with Crippen molar-refractivity contribution in [2.45, 2.75) is 33.7 Å². The largest absolute Gasteiger partial charge is 0.449 e. The monoisotopic (exact) mass is 758 g/mol. The number of Topliss-reactive ketones (excluding diaryl/α,β-unsaturated/α-hetero) is 1. The Morgan fingerprint density at radius 3 is 2.33 bits per heavy atom. The molecule has 18 heavy (non-hydrogen) atoms. The number of carbonyl (C=O) groups excluding carboxylic acids is 1. The van der Waals surface area contributed by atoms with Gasteiger partial charge in [0.2, 0.25) is 0 Å². The van der Waals surface area contributed by atoms with Crippen molar-refractivity contribution in [3.63, 3.8) is 0 Å². The number of allylic oxidation sites excluding steroid dienone is 2. The Morgan fingerprint density at radius 1 is 1.33 bits per heavy atom. The summed E-state index contributed by atoms with van der Waals surface area (Å²) in [7, 11) is 0. The van der Waals surface area contributed by atoms with Crippen molar-refractivity contribution in [3.8, 4) is 0 Å². The molecule has 1 N–H and O–H groups in total. The molecule has 0 aromatic heterocycles. The second-order valence-electron chi connectivity index (χ2n) is 3.55. The summed E-state index contributed by atoms with van der Waals surface area (Å²) in [4.78, 5) is 11.4. The van der Waals surface area contributed by atoms with E-state index < -0.39 is 0 Å². The van der Waals surface area contributed by atoms with Crippen LogP contribution in [-0.4, -0.2) is 11.8 Å². The molecular weight excluding hydrogens is 736 g/mol. The van der Waals surface area contributed by atoms with E-state index in [1.807, 2.05) is 20.8 Å². The number of fused-ring (bicyclic) bond motifs is 1. The second kappa shape index (κ2) is 14.6. The van der Waals surface area contributed by atoms with Crippen LogP contribution in [0.5, 0.6) is 0 Å². The van der Waals surface area contributed by atoms with Gasteiger partial charge in [0.1, 0.15) is 0 Å². The van der Waals surface area contributed by atoms with Crippen LogP contribution in [0.2, 0.25) is 0 Å². The van der Waals surface area contributed by atoms with Crippen LogP contribution in [0, 0.1) is 61.9 Å². The average Bonchev–Trinajstić information content (AvgIpc) is 2.49. The van der Waals surface area contributed by atoms with E-state index in [9.17, 15) is 4.79 Å². The smallest absolute Gasteiger partial charge is 0 e. The maximum Gasteiger partial charge on any atom is 0 e. The van der Waals surface area contributed by atoms with E-state index in [4.69, 9.17) is 0 Å². The molecule has 0 aromatic carbocycles. The van der Waals surface area contributed by atoms with Crippen LogP contribution in [0.4, 0.5) is 0 Å². The predicted octanol–water partition coefficient (Wildman–Crippen LogP) is 2.17. The van der Waals surface area contributed by atoms with Gasteiger partial charge in [-0.15, -0.1) is 18.9 Å². The minimum atomic E-state index is 0. The van der Waals surface area contributed by atoms with Gasteiger partial charge in [0.15, 0.2) is 0 Å². The minimum Gasteiger partial charge on any atom is -0.449 e. The molecule has 2 rings (SSSR count). The van der Waals surface area contributed by atoms with Gasteiger partial charge in [0.05, 0.1) is 0 Å². The summed E-state index contributed by atoms with van der Waals surface area (Å²) in [5, 5.41) is 3.24. The van der Waals surface area contributed by atoms with Crippen LogP contribution in [0.3, 0.4) is 0 Å². The van der Waals surface area contributed by atoms with Gasteiger partial charge in [-0.1, -0.05) is 20.8 Å². The van der Waals surface area contributed by atoms with E-state index in [0.717, 1.165) is 5.70 Å². The van der Waals surface area contributed by atoms with Gasteiger partial charge in [0, 0.05) is 105 Å². The molecule has 0 bridgehead atoms. The van der Waals surface area contributed by atoms with Crippen molar-refractivity contribution in [2.75, 3.05) is 0 Å². The Labute approximate surface area is 188 Å².